The summed E-state index contributed by atoms with van der Waals surface area (Å²) in [7, 11) is 1.94. The van der Waals surface area contributed by atoms with Crippen molar-refractivity contribution in [3.63, 3.8) is 0 Å². The summed E-state index contributed by atoms with van der Waals surface area (Å²) in [6.07, 6.45) is 4.59. The summed E-state index contributed by atoms with van der Waals surface area (Å²) in [5.74, 6) is 1.53. The van der Waals surface area contributed by atoms with Crippen LogP contribution >= 0.6 is 0 Å². The maximum Gasteiger partial charge on any atom is 0.304 e. The van der Waals surface area contributed by atoms with Gasteiger partial charge in [0.25, 0.3) is 0 Å². The third kappa shape index (κ3) is 4.78. The van der Waals surface area contributed by atoms with E-state index >= 15 is 4.39 Å². The first-order chi connectivity index (χ1) is 19.3. The highest BCUT2D eigenvalue weighted by molar-refractivity contribution is 5.76. The lowest BCUT2D eigenvalue weighted by Gasteiger charge is -2.19. The lowest BCUT2D eigenvalue weighted by atomic mass is 9.90. The number of fused-ring (bicyclic) bond motifs is 2. The van der Waals surface area contributed by atoms with Crippen molar-refractivity contribution in [2.75, 3.05) is 6.61 Å². The first-order valence-corrected chi connectivity index (χ1v) is 13.5. The van der Waals surface area contributed by atoms with Crippen LogP contribution in [0, 0.1) is 19.7 Å². The normalized spacial score (nSPS) is 17.3. The van der Waals surface area contributed by atoms with Gasteiger partial charge >= 0.3 is 5.97 Å². The number of rotatable bonds is 8. The molecule has 0 bridgehead atoms. The smallest absolute Gasteiger partial charge is 0.304 e. The van der Waals surface area contributed by atoms with E-state index in [0.717, 1.165) is 45.0 Å². The lowest BCUT2D eigenvalue weighted by molar-refractivity contribution is -0.137. The Morgan fingerprint density at radius 1 is 1.15 bits per heavy atom. The summed E-state index contributed by atoms with van der Waals surface area (Å²) in [5, 5.41) is 9.16. The number of imidazole rings is 1. The number of benzene rings is 3. The second kappa shape index (κ2) is 10.3. The average molecular weight is 543 g/mol. The van der Waals surface area contributed by atoms with E-state index in [0.29, 0.717) is 43.1 Å². The zero-order valence-corrected chi connectivity index (χ0v) is 22.7. The Bertz CT molecular complexity index is 1590. The minimum Gasteiger partial charge on any atom is -0.492 e. The molecule has 1 unspecified atom stereocenters. The van der Waals surface area contributed by atoms with Crippen LogP contribution in [0.1, 0.15) is 58.5 Å². The number of hydrogen-bond acceptors (Lipinski definition) is 5. The van der Waals surface area contributed by atoms with E-state index in [2.05, 4.69) is 18.8 Å². The van der Waals surface area contributed by atoms with Crippen LogP contribution in [0.2, 0.25) is 0 Å². The zero-order chi connectivity index (χ0) is 28.0. The summed E-state index contributed by atoms with van der Waals surface area (Å²) >= 11 is 0. The second-order valence-electron chi connectivity index (χ2n) is 10.6. The predicted molar refractivity (Wildman–Crippen MR) is 147 cm³/mol. The minimum atomic E-state index is -0.854. The number of aromatic nitrogens is 2. The van der Waals surface area contributed by atoms with Gasteiger partial charge in [0, 0.05) is 42.6 Å². The molecule has 2 aliphatic rings. The molecular formula is C32H31FN2O5. The number of aryl methyl sites for hydroxylation is 3. The van der Waals surface area contributed by atoms with Gasteiger partial charge in [-0.05, 0) is 78.8 Å². The number of nitrogens with zero attached hydrogens (tertiary/aromatic N) is 2. The van der Waals surface area contributed by atoms with E-state index in [9.17, 15) is 4.79 Å². The summed E-state index contributed by atoms with van der Waals surface area (Å²) in [4.78, 5) is 15.5. The van der Waals surface area contributed by atoms with Gasteiger partial charge in [0.05, 0.1) is 13.0 Å². The van der Waals surface area contributed by atoms with E-state index in [1.54, 1.807) is 12.3 Å². The van der Waals surface area contributed by atoms with Gasteiger partial charge in [0.1, 0.15) is 41.6 Å². The molecule has 0 amide bonds. The molecule has 7 nitrogen and oxygen atoms in total. The molecule has 8 heteroatoms. The summed E-state index contributed by atoms with van der Waals surface area (Å²) < 4.78 is 35.3. The fourth-order valence-corrected chi connectivity index (χ4v) is 6.02. The number of hydrogen-bond donors (Lipinski definition) is 1. The van der Waals surface area contributed by atoms with Crippen molar-refractivity contribution in [2.24, 2.45) is 7.05 Å². The Labute approximate surface area is 232 Å². The SMILES string of the molecule is Cc1cc(OCc2nccn2C)cc(C)c1-c1ccc(F)c2c1CCC2Oc1ccc2c(c1)OC[C@H]2CC(=O)O. The van der Waals surface area contributed by atoms with Crippen LogP contribution in [0.3, 0.4) is 0 Å². The second-order valence-corrected chi connectivity index (χ2v) is 10.6. The summed E-state index contributed by atoms with van der Waals surface area (Å²) in [6, 6.07) is 12.9. The number of ether oxygens (including phenoxy) is 3. The van der Waals surface area contributed by atoms with Crippen molar-refractivity contribution in [3.8, 4) is 28.4 Å². The van der Waals surface area contributed by atoms with Gasteiger partial charge in [-0.1, -0.05) is 12.1 Å². The third-order valence-electron chi connectivity index (χ3n) is 7.91. The fourth-order valence-electron chi connectivity index (χ4n) is 6.02. The Morgan fingerprint density at radius 2 is 1.95 bits per heavy atom. The molecule has 1 aromatic heterocycles. The Hall–Kier alpha value is -4.33. The topological polar surface area (TPSA) is 82.8 Å². The molecule has 0 fully saturated rings. The zero-order valence-electron chi connectivity index (χ0n) is 22.7. The van der Waals surface area contributed by atoms with Crippen molar-refractivity contribution < 1.29 is 28.5 Å². The van der Waals surface area contributed by atoms with Crippen LogP contribution < -0.4 is 14.2 Å². The molecule has 206 valence electrons. The van der Waals surface area contributed by atoms with E-state index < -0.39 is 12.1 Å². The molecule has 1 aliphatic carbocycles. The molecule has 4 aromatic rings. The monoisotopic (exact) mass is 542 g/mol. The number of carboxylic acids is 1. The predicted octanol–water partition coefficient (Wildman–Crippen LogP) is 6.44. The molecule has 0 spiro atoms. The van der Waals surface area contributed by atoms with Gasteiger partial charge < -0.3 is 23.9 Å². The maximum atomic E-state index is 15.3. The van der Waals surface area contributed by atoms with Crippen LogP contribution in [0.4, 0.5) is 4.39 Å². The third-order valence-corrected chi connectivity index (χ3v) is 7.91. The van der Waals surface area contributed by atoms with Crippen LogP contribution in [0.25, 0.3) is 11.1 Å². The molecule has 1 N–H and O–H groups in total. The fraction of sp³-hybridized carbons (Fsp3) is 0.312. The van der Waals surface area contributed by atoms with Crippen molar-refractivity contribution in [3.05, 3.63) is 94.3 Å². The number of carboxylic acid groups (broad SMARTS) is 1. The molecule has 6 rings (SSSR count). The number of carbonyl (C=O) groups is 1. The molecule has 0 radical (unpaired) electrons. The summed E-state index contributed by atoms with van der Waals surface area (Å²) in [5.41, 5.74) is 6.64. The molecule has 2 heterocycles. The Kier molecular flexibility index (Phi) is 6.70. The summed E-state index contributed by atoms with van der Waals surface area (Å²) in [6.45, 7) is 4.81. The van der Waals surface area contributed by atoms with E-state index in [-0.39, 0.29) is 18.2 Å². The van der Waals surface area contributed by atoms with Crippen LogP contribution in [-0.4, -0.2) is 27.2 Å². The van der Waals surface area contributed by atoms with Crippen LogP contribution in [0.15, 0.2) is 54.9 Å². The van der Waals surface area contributed by atoms with Gasteiger partial charge in [0.2, 0.25) is 0 Å². The first kappa shape index (κ1) is 25.9. The average Bonchev–Trinajstić information content (AvgIpc) is 3.63. The highest BCUT2D eigenvalue weighted by atomic mass is 19.1. The van der Waals surface area contributed by atoms with E-state index in [1.807, 2.05) is 48.1 Å². The van der Waals surface area contributed by atoms with E-state index in [1.165, 1.54) is 6.07 Å². The molecule has 1 aliphatic heterocycles. The Morgan fingerprint density at radius 3 is 2.67 bits per heavy atom. The molecule has 3 aromatic carbocycles. The van der Waals surface area contributed by atoms with Gasteiger partial charge in [-0.15, -0.1) is 0 Å². The number of aliphatic carboxylic acids is 1. The molecule has 40 heavy (non-hydrogen) atoms. The van der Waals surface area contributed by atoms with Crippen molar-refractivity contribution in [1.82, 2.24) is 9.55 Å². The quantitative estimate of drug-likeness (QED) is 0.276. The van der Waals surface area contributed by atoms with Crippen molar-refractivity contribution in [1.29, 1.82) is 0 Å². The van der Waals surface area contributed by atoms with Crippen LogP contribution in [0.5, 0.6) is 17.2 Å². The lowest BCUT2D eigenvalue weighted by Crippen LogP contribution is -2.07. The van der Waals surface area contributed by atoms with Gasteiger partial charge in [0.15, 0.2) is 0 Å². The standard InChI is InChI=1S/C32H31FN2O5/c1-18-12-22(38-17-29-34-10-11-35(29)3)13-19(2)31(18)24-6-8-26(33)32-25(24)7-9-27(32)40-21-4-5-23-20(14-30(36)37)16-39-28(23)15-21/h4-6,8,10-13,15,20,27H,7,9,14,16-17H2,1-3H3,(H,36,37)/t20-,27?/m1/s1. The highest BCUT2D eigenvalue weighted by Gasteiger charge is 2.32. The molecule has 0 saturated heterocycles. The number of halogens is 1. The van der Waals surface area contributed by atoms with Gasteiger partial charge in [-0.2, -0.15) is 0 Å². The van der Waals surface area contributed by atoms with Crippen molar-refractivity contribution >= 4 is 5.97 Å². The highest BCUT2D eigenvalue weighted by Crippen LogP contribution is 2.45. The molecule has 0 saturated carbocycles. The van der Waals surface area contributed by atoms with Gasteiger partial charge in [-0.25, -0.2) is 9.37 Å². The van der Waals surface area contributed by atoms with E-state index in [4.69, 9.17) is 19.3 Å². The molecule has 2 atom stereocenters. The van der Waals surface area contributed by atoms with Gasteiger partial charge in [-0.3, -0.25) is 4.79 Å². The van der Waals surface area contributed by atoms with Crippen LogP contribution in [-0.2, 0) is 24.9 Å². The largest absolute Gasteiger partial charge is 0.492 e. The maximum absolute atomic E-state index is 15.3. The molecular weight excluding hydrogens is 511 g/mol. The minimum absolute atomic E-state index is 0.0211. The Balaban J connectivity index is 1.25. The van der Waals surface area contributed by atoms with Crippen molar-refractivity contribution in [2.45, 2.75) is 51.7 Å². The first-order valence-electron chi connectivity index (χ1n) is 13.5.